The van der Waals surface area contributed by atoms with E-state index in [9.17, 15) is 0 Å². The summed E-state index contributed by atoms with van der Waals surface area (Å²) in [6.07, 6.45) is 13.9. The van der Waals surface area contributed by atoms with Crippen molar-refractivity contribution < 1.29 is 37.3 Å². The molecule has 1 aliphatic carbocycles. The van der Waals surface area contributed by atoms with Crippen LogP contribution in [-0.2, 0) is 38.2 Å². The number of hydrogen-bond donors (Lipinski definition) is 0. The van der Waals surface area contributed by atoms with E-state index in [1.807, 2.05) is 24.4 Å². The fourth-order valence-corrected chi connectivity index (χ4v) is 4.06. The van der Waals surface area contributed by atoms with Crippen molar-refractivity contribution in [1.82, 2.24) is 9.55 Å². The molecule has 1 saturated carbocycles. The quantitative estimate of drug-likeness (QED) is 0.550. The molecule has 2 heterocycles. The van der Waals surface area contributed by atoms with Crippen LogP contribution in [0.1, 0.15) is 51.5 Å². The fraction of sp³-hybridized carbons (Fsp3) is 0.400. The molecule has 1 fully saturated rings. The number of hydrogen-bond acceptors (Lipinski definition) is 1. The third-order valence-corrected chi connectivity index (χ3v) is 5.36. The van der Waals surface area contributed by atoms with Crippen molar-refractivity contribution in [3.05, 3.63) is 54.5 Å². The van der Waals surface area contributed by atoms with E-state index in [4.69, 9.17) is 0 Å². The molecule has 4 rings (SSSR count). The standard InChI is InChI=1S/C20H22N3.Y/c1-16(18-9-5-3-6-10-18)15-22-17(2)20(11-7-4-8-12-20)23-14-13-21-19(22)23;/h3,5-6,9,13-14H,4,7-8,11-12H2,1-2H3;/q-1;. The Hall–Kier alpha value is -1.06. The molecule has 2 aliphatic rings. The molecule has 1 aromatic heterocycles. The van der Waals surface area contributed by atoms with Gasteiger partial charge in [-0.25, -0.2) is 5.56 Å². The summed E-state index contributed by atoms with van der Waals surface area (Å²) in [4.78, 5) is 4.61. The fourth-order valence-electron chi connectivity index (χ4n) is 4.06. The zero-order chi connectivity index (χ0) is 15.9. The van der Waals surface area contributed by atoms with Crippen LogP contribution < -0.4 is 0 Å². The van der Waals surface area contributed by atoms with E-state index >= 15 is 0 Å². The SMILES string of the molecule is CC(=[C-][N+]1=C(C)C2(CCCCC2)n2ccnc21)c1[c-]cccc1.[Y]. The molecular weight excluding hydrogens is 371 g/mol. The van der Waals surface area contributed by atoms with Gasteiger partial charge in [0.05, 0.1) is 6.20 Å². The van der Waals surface area contributed by atoms with Crippen molar-refractivity contribution in [3.8, 4) is 0 Å². The maximum absolute atomic E-state index is 4.61. The topological polar surface area (TPSA) is 20.8 Å². The maximum Gasteiger partial charge on any atom is 0.321 e. The van der Waals surface area contributed by atoms with Gasteiger partial charge in [-0.05, 0) is 26.0 Å². The van der Waals surface area contributed by atoms with Crippen LogP contribution in [0, 0.1) is 12.3 Å². The third-order valence-electron chi connectivity index (χ3n) is 5.36. The molecule has 0 amide bonds. The van der Waals surface area contributed by atoms with Crippen LogP contribution in [0.15, 0.2) is 36.7 Å². The van der Waals surface area contributed by atoms with Gasteiger partial charge in [0.1, 0.15) is 11.7 Å². The van der Waals surface area contributed by atoms with Crippen LogP contribution in [0.3, 0.4) is 0 Å². The Labute approximate surface area is 169 Å². The summed E-state index contributed by atoms with van der Waals surface area (Å²) in [5.74, 6) is 1.000. The molecule has 121 valence electrons. The number of rotatable bonds is 2. The Morgan fingerprint density at radius 2 is 2.08 bits per heavy atom. The second-order valence-corrected chi connectivity index (χ2v) is 6.62. The number of benzene rings is 1. The summed E-state index contributed by atoms with van der Waals surface area (Å²) in [5, 5.41) is 0. The van der Waals surface area contributed by atoms with Crippen LogP contribution in [0.25, 0.3) is 5.57 Å². The number of fused-ring (bicyclic) bond motifs is 2. The van der Waals surface area contributed by atoms with Crippen molar-refractivity contribution >= 4 is 17.2 Å². The summed E-state index contributed by atoms with van der Waals surface area (Å²) in [7, 11) is 0. The minimum atomic E-state index is 0. The molecule has 2 aromatic rings. The first-order valence-corrected chi connectivity index (χ1v) is 8.48. The Bertz CT molecular complexity index is 780. The van der Waals surface area contributed by atoms with Crippen molar-refractivity contribution in [1.29, 1.82) is 0 Å². The molecule has 0 atom stereocenters. The van der Waals surface area contributed by atoms with Crippen molar-refractivity contribution in [3.63, 3.8) is 0 Å². The van der Waals surface area contributed by atoms with Crippen molar-refractivity contribution in [2.75, 3.05) is 0 Å². The summed E-state index contributed by atoms with van der Waals surface area (Å²) in [6.45, 7) is 4.34. The second-order valence-electron chi connectivity index (χ2n) is 6.62. The first-order chi connectivity index (χ1) is 11.2. The molecular formula is C20H22N3Y-. The normalized spacial score (nSPS) is 19.3. The number of aromatic nitrogens is 2. The van der Waals surface area contributed by atoms with Gasteiger partial charge in [0.2, 0.25) is 0 Å². The molecule has 1 spiro atoms. The Balaban J connectivity index is 0.00000169. The minimum Gasteiger partial charge on any atom is -0.333 e. The molecule has 1 aromatic carbocycles. The average molecular weight is 393 g/mol. The molecule has 1 radical (unpaired) electrons. The number of allylic oxidation sites excluding steroid dienone is 1. The van der Waals surface area contributed by atoms with Gasteiger partial charge in [0.15, 0.2) is 0 Å². The van der Waals surface area contributed by atoms with Gasteiger partial charge in [0, 0.05) is 38.4 Å². The number of imidazole rings is 1. The van der Waals surface area contributed by atoms with Gasteiger partial charge in [-0.2, -0.15) is 29.8 Å². The predicted octanol–water partition coefficient (Wildman–Crippen LogP) is 4.32. The molecule has 0 N–H and O–H groups in total. The molecule has 1 aliphatic heterocycles. The van der Waals surface area contributed by atoms with Gasteiger partial charge >= 0.3 is 5.95 Å². The summed E-state index contributed by atoms with van der Waals surface area (Å²) in [5.41, 5.74) is 3.64. The summed E-state index contributed by atoms with van der Waals surface area (Å²) >= 11 is 0. The Morgan fingerprint density at radius 1 is 1.29 bits per heavy atom. The molecule has 0 unspecified atom stereocenters. The molecule has 4 heteroatoms. The molecule has 0 saturated heterocycles. The van der Waals surface area contributed by atoms with Crippen molar-refractivity contribution in [2.45, 2.75) is 51.5 Å². The van der Waals surface area contributed by atoms with Gasteiger partial charge < -0.3 is 4.58 Å². The van der Waals surface area contributed by atoms with Crippen LogP contribution in [0.4, 0.5) is 5.95 Å². The van der Waals surface area contributed by atoms with E-state index in [2.05, 4.69) is 52.5 Å². The average Bonchev–Trinajstić information content (AvgIpc) is 3.16. The van der Waals surface area contributed by atoms with Crippen LogP contribution in [0.5, 0.6) is 0 Å². The van der Waals surface area contributed by atoms with Gasteiger partial charge in [0.25, 0.3) is 0 Å². The number of nitrogens with zero attached hydrogens (tertiary/aromatic N) is 3. The van der Waals surface area contributed by atoms with E-state index in [0.717, 1.165) is 17.1 Å². The minimum absolute atomic E-state index is 0. The second kappa shape index (κ2) is 7.05. The van der Waals surface area contributed by atoms with E-state index < -0.39 is 0 Å². The van der Waals surface area contributed by atoms with E-state index in [0.29, 0.717) is 0 Å². The van der Waals surface area contributed by atoms with E-state index in [-0.39, 0.29) is 38.2 Å². The Kier molecular flexibility index (Phi) is 5.22. The summed E-state index contributed by atoms with van der Waals surface area (Å²) < 4.78 is 4.54. The van der Waals surface area contributed by atoms with Crippen LogP contribution in [0.2, 0.25) is 0 Å². The maximum atomic E-state index is 4.61. The zero-order valence-corrected chi connectivity index (χ0v) is 17.3. The predicted molar refractivity (Wildman–Crippen MR) is 91.5 cm³/mol. The third kappa shape index (κ3) is 2.76. The molecule has 0 bridgehead atoms. The largest absolute Gasteiger partial charge is 0.333 e. The Morgan fingerprint density at radius 3 is 2.79 bits per heavy atom. The van der Waals surface area contributed by atoms with E-state index in [1.54, 1.807) is 0 Å². The molecule has 3 nitrogen and oxygen atoms in total. The van der Waals surface area contributed by atoms with E-state index in [1.165, 1.54) is 37.8 Å². The first kappa shape index (κ1) is 17.8. The first-order valence-electron chi connectivity index (χ1n) is 8.48. The van der Waals surface area contributed by atoms with Crippen molar-refractivity contribution in [2.24, 2.45) is 0 Å². The monoisotopic (exact) mass is 393 g/mol. The van der Waals surface area contributed by atoms with Gasteiger partial charge in [-0.3, -0.25) is 4.57 Å². The van der Waals surface area contributed by atoms with Crippen LogP contribution >= 0.6 is 0 Å². The molecule has 24 heavy (non-hydrogen) atoms. The van der Waals surface area contributed by atoms with Gasteiger partial charge in [-0.1, -0.05) is 26.2 Å². The van der Waals surface area contributed by atoms with Crippen LogP contribution in [-0.4, -0.2) is 19.8 Å². The summed E-state index contributed by atoms with van der Waals surface area (Å²) in [6, 6.07) is 11.3. The van der Waals surface area contributed by atoms with Gasteiger partial charge in [-0.15, -0.1) is 11.1 Å². The zero-order valence-electron chi connectivity index (χ0n) is 14.4. The smallest absolute Gasteiger partial charge is 0.321 e.